The van der Waals surface area contributed by atoms with Crippen molar-refractivity contribution in [1.82, 2.24) is 5.32 Å². The SMILES string of the molecule is O=[C]CC1NCCS1. The average molecular weight is 130 g/mol. The lowest BCUT2D eigenvalue weighted by atomic mass is 10.4. The molecular formula is C5H8NOS. The molecule has 0 saturated carbocycles. The molecule has 1 unspecified atom stereocenters. The van der Waals surface area contributed by atoms with Crippen LogP contribution in [0.5, 0.6) is 0 Å². The highest BCUT2D eigenvalue weighted by Crippen LogP contribution is 2.14. The van der Waals surface area contributed by atoms with E-state index in [1.54, 1.807) is 11.8 Å². The Bertz CT molecular complexity index is 80.5. The summed E-state index contributed by atoms with van der Waals surface area (Å²) in [4.78, 5) is 9.78. The van der Waals surface area contributed by atoms with E-state index in [1.165, 1.54) is 0 Å². The lowest BCUT2D eigenvalue weighted by Gasteiger charge is -2.00. The first-order valence-corrected chi connectivity index (χ1v) is 3.68. The third-order valence-electron chi connectivity index (χ3n) is 1.06. The Morgan fingerprint density at radius 1 is 1.88 bits per heavy atom. The highest BCUT2D eigenvalue weighted by Gasteiger charge is 2.12. The van der Waals surface area contributed by atoms with Gasteiger partial charge >= 0.3 is 0 Å². The molecule has 2 nitrogen and oxygen atoms in total. The summed E-state index contributed by atoms with van der Waals surface area (Å²) in [7, 11) is 0. The van der Waals surface area contributed by atoms with E-state index in [-0.39, 0.29) is 0 Å². The molecule has 1 aliphatic heterocycles. The maximum Gasteiger partial charge on any atom is 0.200 e. The van der Waals surface area contributed by atoms with Gasteiger partial charge in [0.15, 0.2) is 0 Å². The van der Waals surface area contributed by atoms with E-state index in [2.05, 4.69) is 5.32 Å². The fourth-order valence-electron chi connectivity index (χ4n) is 0.687. The van der Waals surface area contributed by atoms with Crippen LogP contribution in [0, 0.1) is 0 Å². The number of rotatable bonds is 2. The lowest BCUT2D eigenvalue weighted by Crippen LogP contribution is -2.19. The molecule has 1 heterocycles. The Balaban J connectivity index is 2.14. The second kappa shape index (κ2) is 3.10. The van der Waals surface area contributed by atoms with Gasteiger partial charge < -0.3 is 5.32 Å². The molecule has 0 bridgehead atoms. The second-order valence-electron chi connectivity index (χ2n) is 1.66. The van der Waals surface area contributed by atoms with E-state index >= 15 is 0 Å². The molecule has 1 fully saturated rings. The van der Waals surface area contributed by atoms with E-state index < -0.39 is 0 Å². The van der Waals surface area contributed by atoms with E-state index in [1.807, 2.05) is 6.29 Å². The molecule has 0 aromatic rings. The predicted octanol–water partition coefficient (Wildman–Crippen LogP) is 0.149. The smallest absolute Gasteiger partial charge is 0.200 e. The summed E-state index contributed by atoms with van der Waals surface area (Å²) in [6.45, 7) is 1.04. The minimum absolute atomic E-state index is 0.354. The Labute approximate surface area is 53.0 Å². The first kappa shape index (κ1) is 6.11. The zero-order valence-electron chi connectivity index (χ0n) is 4.52. The molecule has 1 atom stereocenters. The van der Waals surface area contributed by atoms with Crippen LogP contribution in [0.1, 0.15) is 6.42 Å². The van der Waals surface area contributed by atoms with Crippen LogP contribution in [0.25, 0.3) is 0 Å². The molecule has 1 rings (SSSR count). The van der Waals surface area contributed by atoms with Gasteiger partial charge in [-0.15, -0.1) is 11.8 Å². The predicted molar refractivity (Wildman–Crippen MR) is 34.6 cm³/mol. The van der Waals surface area contributed by atoms with Crippen LogP contribution in [0.4, 0.5) is 0 Å². The van der Waals surface area contributed by atoms with Crippen LogP contribution < -0.4 is 5.32 Å². The van der Waals surface area contributed by atoms with Gasteiger partial charge in [0.25, 0.3) is 0 Å². The number of carbonyl (C=O) groups excluding carboxylic acids is 1. The van der Waals surface area contributed by atoms with E-state index in [0.29, 0.717) is 11.8 Å². The molecule has 0 aromatic carbocycles. The van der Waals surface area contributed by atoms with Crippen molar-refractivity contribution in [3.63, 3.8) is 0 Å². The number of thioether (sulfide) groups is 1. The van der Waals surface area contributed by atoms with Crippen LogP contribution in [-0.2, 0) is 4.79 Å². The first-order valence-electron chi connectivity index (χ1n) is 2.63. The summed E-state index contributed by atoms with van der Waals surface area (Å²) in [6, 6.07) is 0. The summed E-state index contributed by atoms with van der Waals surface area (Å²) in [5.74, 6) is 1.13. The molecule has 0 aromatic heterocycles. The van der Waals surface area contributed by atoms with Gasteiger partial charge in [-0.3, -0.25) is 4.79 Å². The molecule has 0 spiro atoms. The monoisotopic (exact) mass is 130 g/mol. The highest BCUT2D eigenvalue weighted by atomic mass is 32.2. The maximum atomic E-state index is 9.78. The van der Waals surface area contributed by atoms with Crippen molar-refractivity contribution in [2.45, 2.75) is 11.8 Å². The Morgan fingerprint density at radius 2 is 2.75 bits per heavy atom. The summed E-state index contributed by atoms with van der Waals surface area (Å²) >= 11 is 1.79. The van der Waals surface area contributed by atoms with Crippen molar-refractivity contribution in [1.29, 1.82) is 0 Å². The largest absolute Gasteiger partial charge is 0.304 e. The zero-order valence-corrected chi connectivity index (χ0v) is 5.33. The Hall–Kier alpha value is -0.0200. The van der Waals surface area contributed by atoms with Gasteiger partial charge in [-0.2, -0.15) is 0 Å². The number of hydrogen-bond acceptors (Lipinski definition) is 3. The van der Waals surface area contributed by atoms with Gasteiger partial charge in [-0.1, -0.05) is 0 Å². The molecule has 1 N–H and O–H groups in total. The van der Waals surface area contributed by atoms with Gasteiger partial charge in [0, 0.05) is 18.7 Å². The van der Waals surface area contributed by atoms with Gasteiger partial charge in [0.05, 0.1) is 5.37 Å². The van der Waals surface area contributed by atoms with Gasteiger partial charge in [0.2, 0.25) is 6.29 Å². The van der Waals surface area contributed by atoms with Gasteiger partial charge in [0.1, 0.15) is 0 Å². The third-order valence-corrected chi connectivity index (χ3v) is 2.24. The second-order valence-corrected chi connectivity index (χ2v) is 2.97. The standard InChI is InChI=1S/C5H8NOS/c7-3-1-5-6-2-4-8-5/h5-6H,1-2,4H2. The van der Waals surface area contributed by atoms with Crippen molar-refractivity contribution in [2.75, 3.05) is 12.3 Å². The van der Waals surface area contributed by atoms with Gasteiger partial charge in [-0.05, 0) is 0 Å². The molecule has 0 amide bonds. The van der Waals surface area contributed by atoms with Crippen LogP contribution in [0.3, 0.4) is 0 Å². The normalized spacial score (nSPS) is 28.2. The molecule has 3 heteroatoms. The van der Waals surface area contributed by atoms with E-state index in [9.17, 15) is 4.79 Å². The summed E-state index contributed by atoms with van der Waals surface area (Å²) in [6.07, 6.45) is 2.41. The first-order chi connectivity index (χ1) is 3.93. The zero-order chi connectivity index (χ0) is 5.82. The molecule has 1 radical (unpaired) electrons. The molecule has 8 heavy (non-hydrogen) atoms. The topological polar surface area (TPSA) is 29.1 Å². The van der Waals surface area contributed by atoms with Crippen molar-refractivity contribution >= 4 is 18.0 Å². The number of hydrogen-bond donors (Lipinski definition) is 1. The van der Waals surface area contributed by atoms with Crippen molar-refractivity contribution < 1.29 is 4.79 Å². The molecule has 1 aliphatic rings. The molecular weight excluding hydrogens is 122 g/mol. The molecule has 45 valence electrons. The van der Waals surface area contributed by atoms with Crippen LogP contribution >= 0.6 is 11.8 Å². The van der Waals surface area contributed by atoms with Crippen LogP contribution in [0.15, 0.2) is 0 Å². The van der Waals surface area contributed by atoms with Crippen LogP contribution in [-0.4, -0.2) is 24.0 Å². The van der Waals surface area contributed by atoms with Crippen molar-refractivity contribution in [2.24, 2.45) is 0 Å². The fourth-order valence-corrected chi connectivity index (χ4v) is 1.63. The highest BCUT2D eigenvalue weighted by molar-refractivity contribution is 8.00. The number of nitrogens with one attached hydrogen (secondary N) is 1. The van der Waals surface area contributed by atoms with Crippen molar-refractivity contribution in [3.05, 3.63) is 0 Å². The van der Waals surface area contributed by atoms with E-state index in [0.717, 1.165) is 12.3 Å². The summed E-state index contributed by atoms with van der Waals surface area (Å²) in [5.41, 5.74) is 0. The Kier molecular flexibility index (Phi) is 2.36. The Morgan fingerprint density at radius 3 is 3.25 bits per heavy atom. The van der Waals surface area contributed by atoms with Gasteiger partial charge in [-0.25, -0.2) is 0 Å². The lowest BCUT2D eigenvalue weighted by molar-refractivity contribution is 0.546. The average Bonchev–Trinajstić information content (AvgIpc) is 2.19. The molecule has 1 saturated heterocycles. The minimum Gasteiger partial charge on any atom is -0.304 e. The third kappa shape index (κ3) is 1.49. The van der Waals surface area contributed by atoms with Crippen molar-refractivity contribution in [3.8, 4) is 0 Å². The quantitative estimate of drug-likeness (QED) is 0.577. The fraction of sp³-hybridized carbons (Fsp3) is 0.800. The minimum atomic E-state index is 0.354. The summed E-state index contributed by atoms with van der Waals surface area (Å²) in [5, 5.41) is 3.51. The maximum absolute atomic E-state index is 9.78. The molecule has 0 aliphatic carbocycles. The summed E-state index contributed by atoms with van der Waals surface area (Å²) < 4.78 is 0. The van der Waals surface area contributed by atoms with Crippen LogP contribution in [0.2, 0.25) is 0 Å². The van der Waals surface area contributed by atoms with E-state index in [4.69, 9.17) is 0 Å².